The maximum absolute atomic E-state index is 11.7. The Labute approximate surface area is 205 Å². The van der Waals surface area contributed by atoms with E-state index in [9.17, 15) is 4.79 Å². The molecule has 0 fully saturated rings. The van der Waals surface area contributed by atoms with Gasteiger partial charge in [-0.3, -0.25) is 9.78 Å². The van der Waals surface area contributed by atoms with Crippen LogP contribution in [0.1, 0.15) is 37.2 Å². The number of para-hydroxylation sites is 1. The molecule has 0 saturated heterocycles. The first kappa shape index (κ1) is 24.3. The first-order chi connectivity index (χ1) is 17.1. The lowest BCUT2D eigenvalue weighted by Crippen LogP contribution is -2.09. The van der Waals surface area contributed by atoms with Gasteiger partial charge in [0.2, 0.25) is 0 Å². The van der Waals surface area contributed by atoms with E-state index in [4.69, 9.17) is 28.9 Å². The van der Waals surface area contributed by atoms with Gasteiger partial charge in [0.15, 0.2) is 11.5 Å². The van der Waals surface area contributed by atoms with Gasteiger partial charge in [-0.25, -0.2) is 4.98 Å². The highest BCUT2D eigenvalue weighted by atomic mass is 16.5. The highest BCUT2D eigenvalue weighted by Gasteiger charge is 2.14. The Balaban J connectivity index is 1.67. The van der Waals surface area contributed by atoms with Gasteiger partial charge in [-0.15, -0.1) is 0 Å². The predicted octanol–water partition coefficient (Wildman–Crippen LogP) is 5.29. The van der Waals surface area contributed by atoms with Gasteiger partial charge in [0.05, 0.1) is 33.9 Å². The number of carbonyl (C=O) groups excluding carboxylic acids is 1. The number of hydrogen-bond donors (Lipinski definition) is 0. The van der Waals surface area contributed by atoms with E-state index in [-0.39, 0.29) is 19.0 Å². The normalized spacial score (nSPS) is 11.0. The standard InChI is InChI=1S/C28H30N2O5/c1-5-23-22-16-26(33-4)25(32-3)15-21(22)19(17-29-23)14-20-11-10-18-8-7-9-24(28(18)30-20)35-13-12-27(31)34-6-2/h7-11,15-17H,5-6,12-14H2,1-4H3. The molecule has 0 atom stereocenters. The number of aromatic nitrogens is 2. The van der Waals surface area contributed by atoms with Crippen molar-refractivity contribution < 1.29 is 23.7 Å². The minimum atomic E-state index is -0.275. The van der Waals surface area contributed by atoms with Crippen molar-refractivity contribution in [2.45, 2.75) is 33.1 Å². The molecule has 0 aliphatic rings. The quantitative estimate of drug-likeness (QED) is 0.289. The zero-order valence-electron chi connectivity index (χ0n) is 20.6. The number of benzene rings is 2. The van der Waals surface area contributed by atoms with E-state index in [1.165, 1.54) is 0 Å². The number of fused-ring (bicyclic) bond motifs is 2. The lowest BCUT2D eigenvalue weighted by atomic mass is 9.99. The zero-order chi connectivity index (χ0) is 24.8. The summed E-state index contributed by atoms with van der Waals surface area (Å²) in [6.07, 6.45) is 3.51. The van der Waals surface area contributed by atoms with Crippen molar-refractivity contribution in [3.8, 4) is 17.2 Å². The van der Waals surface area contributed by atoms with E-state index >= 15 is 0 Å². The Morgan fingerprint density at radius 1 is 0.943 bits per heavy atom. The molecule has 0 spiro atoms. The number of pyridine rings is 2. The number of rotatable bonds is 10. The highest BCUT2D eigenvalue weighted by Crippen LogP contribution is 2.35. The molecular formula is C28H30N2O5. The van der Waals surface area contributed by atoms with E-state index in [2.05, 4.69) is 6.92 Å². The summed E-state index contributed by atoms with van der Waals surface area (Å²) in [6.45, 7) is 4.47. The fourth-order valence-electron chi connectivity index (χ4n) is 4.15. The maximum Gasteiger partial charge on any atom is 0.309 e. The van der Waals surface area contributed by atoms with Crippen molar-refractivity contribution in [3.05, 3.63) is 65.6 Å². The monoisotopic (exact) mass is 474 g/mol. The van der Waals surface area contributed by atoms with Crippen molar-refractivity contribution in [1.82, 2.24) is 9.97 Å². The van der Waals surface area contributed by atoms with Gasteiger partial charge in [-0.1, -0.05) is 25.1 Å². The van der Waals surface area contributed by atoms with Crippen LogP contribution in [0.2, 0.25) is 0 Å². The van der Waals surface area contributed by atoms with E-state index in [0.29, 0.717) is 30.3 Å². The lowest BCUT2D eigenvalue weighted by molar-refractivity contribution is -0.143. The van der Waals surface area contributed by atoms with E-state index in [0.717, 1.165) is 45.0 Å². The number of nitrogens with zero attached hydrogens (tertiary/aromatic N) is 2. The smallest absolute Gasteiger partial charge is 0.309 e. The molecule has 2 aromatic heterocycles. The van der Waals surface area contributed by atoms with Gasteiger partial charge in [0, 0.05) is 34.8 Å². The SMILES string of the molecule is CCOC(=O)CCOc1cccc2ccc(Cc3cnc(CC)c4cc(OC)c(OC)cc34)nc12. The predicted molar refractivity (Wildman–Crippen MR) is 136 cm³/mol. The first-order valence-electron chi connectivity index (χ1n) is 11.8. The minimum absolute atomic E-state index is 0.191. The number of aryl methyl sites for hydroxylation is 1. The van der Waals surface area contributed by atoms with Crippen LogP contribution in [-0.4, -0.2) is 43.4 Å². The van der Waals surface area contributed by atoms with Gasteiger partial charge < -0.3 is 18.9 Å². The third-order valence-corrected chi connectivity index (χ3v) is 5.87. The second kappa shape index (κ2) is 11.0. The van der Waals surface area contributed by atoms with E-state index < -0.39 is 0 Å². The molecule has 182 valence electrons. The average Bonchev–Trinajstić information content (AvgIpc) is 2.88. The Bertz CT molecular complexity index is 1350. The second-order valence-corrected chi connectivity index (χ2v) is 8.05. The molecule has 0 aliphatic heterocycles. The molecule has 0 N–H and O–H groups in total. The number of hydrogen-bond acceptors (Lipinski definition) is 7. The molecule has 0 amide bonds. The van der Waals surface area contributed by atoms with Crippen molar-refractivity contribution in [2.75, 3.05) is 27.4 Å². The van der Waals surface area contributed by atoms with E-state index in [1.54, 1.807) is 21.1 Å². The third kappa shape index (κ3) is 5.29. The van der Waals surface area contributed by atoms with Crippen molar-refractivity contribution in [2.24, 2.45) is 0 Å². The summed E-state index contributed by atoms with van der Waals surface area (Å²) in [6, 6.07) is 13.8. The van der Waals surface area contributed by atoms with Crippen molar-refractivity contribution in [3.63, 3.8) is 0 Å². The van der Waals surface area contributed by atoms with Gasteiger partial charge >= 0.3 is 5.97 Å². The molecule has 2 aromatic carbocycles. The van der Waals surface area contributed by atoms with Crippen LogP contribution in [0.25, 0.3) is 21.7 Å². The molecule has 35 heavy (non-hydrogen) atoms. The molecule has 2 heterocycles. The number of esters is 1. The molecule has 0 saturated carbocycles. The van der Waals surface area contributed by atoms with Crippen LogP contribution >= 0.6 is 0 Å². The van der Waals surface area contributed by atoms with Crippen LogP contribution in [0.4, 0.5) is 0 Å². The second-order valence-electron chi connectivity index (χ2n) is 8.05. The molecule has 0 radical (unpaired) electrons. The summed E-state index contributed by atoms with van der Waals surface area (Å²) >= 11 is 0. The topological polar surface area (TPSA) is 79.8 Å². The van der Waals surface area contributed by atoms with Gasteiger partial charge in [0.25, 0.3) is 0 Å². The first-order valence-corrected chi connectivity index (χ1v) is 11.8. The molecule has 0 bridgehead atoms. The molecule has 0 unspecified atom stereocenters. The summed E-state index contributed by atoms with van der Waals surface area (Å²) in [7, 11) is 3.28. The fourth-order valence-corrected chi connectivity index (χ4v) is 4.15. The number of carbonyl (C=O) groups is 1. The molecular weight excluding hydrogens is 444 g/mol. The van der Waals surface area contributed by atoms with Crippen LogP contribution in [0.15, 0.2) is 48.7 Å². The van der Waals surface area contributed by atoms with Gasteiger partial charge in [-0.05, 0) is 48.6 Å². The summed E-state index contributed by atoms with van der Waals surface area (Å²) < 4.78 is 21.9. The third-order valence-electron chi connectivity index (χ3n) is 5.87. The summed E-state index contributed by atoms with van der Waals surface area (Å²) in [4.78, 5) is 21.3. The Kier molecular flexibility index (Phi) is 7.65. The average molecular weight is 475 g/mol. The summed E-state index contributed by atoms with van der Waals surface area (Å²) in [5, 5.41) is 3.08. The molecule has 0 aliphatic carbocycles. The Hall–Kier alpha value is -3.87. The minimum Gasteiger partial charge on any atom is -0.493 e. The lowest BCUT2D eigenvalue weighted by Gasteiger charge is -2.14. The highest BCUT2D eigenvalue weighted by molar-refractivity contribution is 5.91. The summed E-state index contributed by atoms with van der Waals surface area (Å²) in [5.74, 6) is 1.73. The molecule has 7 nitrogen and oxygen atoms in total. The number of methoxy groups -OCH3 is 2. The Morgan fingerprint density at radius 3 is 2.43 bits per heavy atom. The van der Waals surface area contributed by atoms with Crippen LogP contribution < -0.4 is 14.2 Å². The van der Waals surface area contributed by atoms with Crippen molar-refractivity contribution in [1.29, 1.82) is 0 Å². The van der Waals surface area contributed by atoms with E-state index in [1.807, 2.05) is 48.7 Å². The molecule has 4 aromatic rings. The molecule has 7 heteroatoms. The Morgan fingerprint density at radius 2 is 1.71 bits per heavy atom. The van der Waals surface area contributed by atoms with Gasteiger partial charge in [-0.2, -0.15) is 0 Å². The van der Waals surface area contributed by atoms with Crippen LogP contribution in [0.3, 0.4) is 0 Å². The maximum atomic E-state index is 11.7. The van der Waals surface area contributed by atoms with Crippen molar-refractivity contribution >= 4 is 27.6 Å². The number of ether oxygens (including phenoxy) is 4. The largest absolute Gasteiger partial charge is 0.493 e. The zero-order valence-corrected chi connectivity index (χ0v) is 20.6. The van der Waals surface area contributed by atoms with Gasteiger partial charge in [0.1, 0.15) is 11.3 Å². The molecule has 4 rings (SSSR count). The fraction of sp³-hybridized carbons (Fsp3) is 0.321. The van der Waals surface area contributed by atoms with Crippen LogP contribution in [0, 0.1) is 0 Å². The van der Waals surface area contributed by atoms with Crippen LogP contribution in [-0.2, 0) is 22.4 Å². The van der Waals surface area contributed by atoms with Crippen LogP contribution in [0.5, 0.6) is 17.2 Å². The summed E-state index contributed by atoms with van der Waals surface area (Å²) in [5.41, 5.74) is 3.70.